The number of ether oxygens (including phenoxy) is 6. The molecule has 0 atom stereocenters. The standard InChI is InChI=1S/C22H27N3O6.2C19H21N3O7/c1-2-11-23-20(27)14-31-19-9-5-17(6-10-19)25-22(29)16-3-7-18(8-4-16)30-15-21(28)24-12-13-26;2*23-11-20-17(25)9-28-15-5-1-13(2-6-15)19(27)22-14-3-7-16(8-4-14)29-10-18(26)21-12-24/h3-10,26H,2,11-15H2,1H3,(H,23,27)(H,24,28)(H,25,29);2*1-8,23-24H,9-12H2,(H,20,25)(H,21,26)(H,22,27). The molecule has 0 aliphatic heterocycles. The van der Waals surface area contributed by atoms with Crippen LogP contribution < -0.4 is 76.3 Å². The molecule has 0 fully saturated rings. The number of aliphatic hydroxyl groups is 5. The normalized spacial score (nSPS) is 10.0. The maximum atomic E-state index is 12.4. The fourth-order valence-corrected chi connectivity index (χ4v) is 6.63. The third kappa shape index (κ3) is 28.7. The Morgan fingerprint density at radius 3 is 0.697 bits per heavy atom. The van der Waals surface area contributed by atoms with Gasteiger partial charge in [0.2, 0.25) is 0 Å². The number of carbonyl (C=O) groups excluding carboxylic acids is 9. The van der Waals surface area contributed by atoms with Gasteiger partial charge >= 0.3 is 0 Å². The first kappa shape index (κ1) is 70.6. The molecule has 0 aliphatic rings. The molecule has 29 heteroatoms. The lowest BCUT2D eigenvalue weighted by Gasteiger charge is -2.09. The van der Waals surface area contributed by atoms with E-state index < -0.39 is 50.6 Å². The van der Waals surface area contributed by atoms with E-state index in [2.05, 4.69) is 47.9 Å². The van der Waals surface area contributed by atoms with Crippen LogP contribution in [0.5, 0.6) is 34.5 Å². The van der Waals surface area contributed by atoms with Crippen LogP contribution in [0.1, 0.15) is 44.4 Å². The second kappa shape index (κ2) is 40.5. The number of amides is 9. The molecule has 0 saturated heterocycles. The first-order chi connectivity index (χ1) is 43.0. The molecule has 0 radical (unpaired) electrons. The summed E-state index contributed by atoms with van der Waals surface area (Å²) in [5.41, 5.74) is 2.83. The summed E-state index contributed by atoms with van der Waals surface area (Å²) in [6.07, 6.45) is 0.860. The molecule has 0 unspecified atom stereocenters. The highest BCUT2D eigenvalue weighted by Gasteiger charge is 2.13. The van der Waals surface area contributed by atoms with Gasteiger partial charge in [-0.25, -0.2) is 0 Å². The summed E-state index contributed by atoms with van der Waals surface area (Å²) in [7, 11) is 0. The molecule has 0 aromatic heterocycles. The summed E-state index contributed by atoms with van der Waals surface area (Å²) in [5, 5.41) is 65.1. The van der Waals surface area contributed by atoms with Crippen molar-refractivity contribution in [1.29, 1.82) is 0 Å². The van der Waals surface area contributed by atoms with E-state index in [9.17, 15) is 43.2 Å². The highest BCUT2D eigenvalue weighted by atomic mass is 16.5. The second-order valence-electron chi connectivity index (χ2n) is 17.7. The Morgan fingerprint density at radius 2 is 0.494 bits per heavy atom. The van der Waals surface area contributed by atoms with Crippen LogP contribution in [-0.2, 0) is 28.8 Å². The molecule has 29 nitrogen and oxygen atoms in total. The summed E-state index contributed by atoms with van der Waals surface area (Å²) in [4.78, 5) is 105. The molecule has 9 amide bonds. The van der Waals surface area contributed by atoms with E-state index in [1.807, 2.05) is 6.92 Å². The maximum Gasteiger partial charge on any atom is 0.259 e. The molecule has 0 heterocycles. The molecule has 0 bridgehead atoms. The highest BCUT2D eigenvalue weighted by molar-refractivity contribution is 6.05. The largest absolute Gasteiger partial charge is 0.484 e. The Kier molecular flexibility index (Phi) is 32.1. The van der Waals surface area contributed by atoms with E-state index in [0.29, 0.717) is 74.8 Å². The van der Waals surface area contributed by atoms with Crippen molar-refractivity contribution in [3.8, 4) is 34.5 Å². The number of carbonyl (C=O) groups is 9. The SMILES string of the molecule is CCCNC(=O)COc1ccc(NC(=O)c2ccc(OCC(=O)NCCO)cc2)cc1.O=C(COc1ccc(NC(=O)c2ccc(OCC(=O)NCO)cc2)cc1)NCO.O=C(COc1ccc(NC(=O)c2ccc(OCC(=O)NCO)cc2)cc1)NCO. The Labute approximate surface area is 510 Å². The molecule has 0 spiro atoms. The van der Waals surface area contributed by atoms with E-state index in [1.165, 1.54) is 0 Å². The van der Waals surface area contributed by atoms with E-state index in [4.69, 9.17) is 54.0 Å². The van der Waals surface area contributed by atoms with Crippen molar-refractivity contribution in [2.75, 3.05) is 102 Å². The van der Waals surface area contributed by atoms with Gasteiger partial charge in [0.15, 0.2) is 39.6 Å². The van der Waals surface area contributed by atoms with E-state index >= 15 is 0 Å². The third-order valence-electron chi connectivity index (χ3n) is 11.0. The molecule has 0 saturated carbocycles. The second-order valence-corrected chi connectivity index (χ2v) is 17.7. The van der Waals surface area contributed by atoms with Crippen molar-refractivity contribution in [2.24, 2.45) is 0 Å². The summed E-state index contributed by atoms with van der Waals surface area (Å²) in [6.45, 7) is -0.443. The van der Waals surface area contributed by atoms with Crippen LogP contribution in [-0.4, -0.2) is 165 Å². The lowest BCUT2D eigenvalue weighted by atomic mass is 10.2. The first-order valence-electron chi connectivity index (χ1n) is 27.0. The zero-order valence-electron chi connectivity index (χ0n) is 48.1. The molecule has 14 N–H and O–H groups in total. The van der Waals surface area contributed by atoms with Gasteiger partial charge < -0.3 is 102 Å². The van der Waals surface area contributed by atoms with Crippen LogP contribution in [0.25, 0.3) is 0 Å². The quantitative estimate of drug-likeness (QED) is 0.0262. The van der Waals surface area contributed by atoms with Crippen LogP contribution >= 0.6 is 0 Å². The van der Waals surface area contributed by atoms with Crippen LogP contribution in [0.15, 0.2) is 146 Å². The summed E-state index contributed by atoms with van der Waals surface area (Å²) in [5.74, 6) is -0.703. The zero-order chi connectivity index (χ0) is 64.6. The van der Waals surface area contributed by atoms with Gasteiger partial charge in [0.25, 0.3) is 53.2 Å². The smallest absolute Gasteiger partial charge is 0.259 e. The number of hydrogen-bond donors (Lipinski definition) is 14. The summed E-state index contributed by atoms with van der Waals surface area (Å²) < 4.78 is 31.7. The van der Waals surface area contributed by atoms with Gasteiger partial charge in [-0.15, -0.1) is 0 Å². The van der Waals surface area contributed by atoms with Gasteiger partial charge in [0.1, 0.15) is 61.4 Å². The number of benzene rings is 6. The summed E-state index contributed by atoms with van der Waals surface area (Å²) in [6, 6.07) is 38.3. The predicted octanol–water partition coefficient (Wildman–Crippen LogP) is 0.988. The monoisotopic (exact) mass is 1240 g/mol. The molecule has 89 heavy (non-hydrogen) atoms. The van der Waals surface area contributed by atoms with Crippen molar-refractivity contribution in [1.82, 2.24) is 31.9 Å². The molecule has 474 valence electrons. The maximum absolute atomic E-state index is 12.4. The number of rotatable bonds is 32. The fourth-order valence-electron chi connectivity index (χ4n) is 6.63. The predicted molar refractivity (Wildman–Crippen MR) is 320 cm³/mol. The number of anilines is 3. The van der Waals surface area contributed by atoms with Crippen LogP contribution in [0.2, 0.25) is 0 Å². The topological polar surface area (TPSA) is 418 Å². The minimum absolute atomic E-state index is 0.0663. The number of aliphatic hydroxyl groups excluding tert-OH is 5. The average molecular weight is 1240 g/mol. The Balaban J connectivity index is 0.000000286. The minimum atomic E-state index is -0.465. The highest BCUT2D eigenvalue weighted by Crippen LogP contribution is 2.21. The van der Waals surface area contributed by atoms with E-state index in [-0.39, 0.29) is 82.3 Å². The van der Waals surface area contributed by atoms with Gasteiger partial charge in [-0.2, -0.15) is 0 Å². The molecule has 0 aliphatic carbocycles. The zero-order valence-corrected chi connectivity index (χ0v) is 48.1. The van der Waals surface area contributed by atoms with Gasteiger partial charge in [-0.05, 0) is 152 Å². The fraction of sp³-hybridized carbons (Fsp3) is 0.250. The van der Waals surface area contributed by atoms with Gasteiger partial charge in [0, 0.05) is 46.8 Å². The first-order valence-corrected chi connectivity index (χ1v) is 27.0. The van der Waals surface area contributed by atoms with Gasteiger partial charge in [0.05, 0.1) is 6.61 Å². The van der Waals surface area contributed by atoms with E-state index in [0.717, 1.165) is 6.42 Å². The van der Waals surface area contributed by atoms with Crippen LogP contribution in [0.3, 0.4) is 0 Å². The Hall–Kier alpha value is -10.9. The Bertz CT molecular complexity index is 3030. The lowest BCUT2D eigenvalue weighted by molar-refractivity contribution is -0.125. The van der Waals surface area contributed by atoms with Crippen molar-refractivity contribution < 1.29 is 97.1 Å². The van der Waals surface area contributed by atoms with Crippen LogP contribution in [0.4, 0.5) is 17.1 Å². The number of nitrogens with one attached hydrogen (secondary N) is 9. The molecular weight excluding hydrogens is 1170 g/mol. The van der Waals surface area contributed by atoms with Crippen molar-refractivity contribution in [3.63, 3.8) is 0 Å². The van der Waals surface area contributed by atoms with Crippen molar-refractivity contribution in [2.45, 2.75) is 13.3 Å². The number of hydrogen-bond acceptors (Lipinski definition) is 20. The Morgan fingerprint density at radius 1 is 0.292 bits per heavy atom. The lowest BCUT2D eigenvalue weighted by Crippen LogP contribution is -2.31. The molecular formula is C60H69N9O20. The van der Waals surface area contributed by atoms with Crippen molar-refractivity contribution >= 4 is 70.2 Å². The average Bonchev–Trinajstić information content (AvgIpc) is 3.63. The van der Waals surface area contributed by atoms with Crippen LogP contribution in [0, 0.1) is 0 Å². The minimum Gasteiger partial charge on any atom is -0.484 e. The summed E-state index contributed by atoms with van der Waals surface area (Å²) >= 11 is 0. The van der Waals surface area contributed by atoms with Gasteiger partial charge in [-0.3, -0.25) is 43.2 Å². The van der Waals surface area contributed by atoms with Crippen molar-refractivity contribution in [3.05, 3.63) is 162 Å². The van der Waals surface area contributed by atoms with Gasteiger partial charge in [-0.1, -0.05) is 6.92 Å². The van der Waals surface area contributed by atoms with E-state index in [1.54, 1.807) is 146 Å². The third-order valence-corrected chi connectivity index (χ3v) is 11.0. The molecule has 6 aromatic carbocycles. The molecule has 6 rings (SSSR count). The molecule has 6 aromatic rings.